The van der Waals surface area contributed by atoms with Gasteiger partial charge < -0.3 is 14.4 Å². The number of imide groups is 1. The maximum atomic E-state index is 13.0. The number of hydrogen-bond acceptors (Lipinski definition) is 5. The van der Waals surface area contributed by atoms with Crippen molar-refractivity contribution in [3.8, 4) is 0 Å². The van der Waals surface area contributed by atoms with Crippen LogP contribution in [0.3, 0.4) is 0 Å². The van der Waals surface area contributed by atoms with E-state index in [1.54, 1.807) is 25.7 Å². The molecule has 0 radical (unpaired) electrons. The summed E-state index contributed by atoms with van der Waals surface area (Å²) >= 11 is 0. The number of esters is 1. The monoisotopic (exact) mass is 400 g/mol. The van der Waals surface area contributed by atoms with Gasteiger partial charge in [-0.2, -0.15) is 0 Å². The fraction of sp³-hybridized carbons (Fsp3) is 0.500. The van der Waals surface area contributed by atoms with Gasteiger partial charge in [0.2, 0.25) is 0 Å². The number of amides is 3. The van der Waals surface area contributed by atoms with E-state index < -0.39 is 29.7 Å². The lowest BCUT2D eigenvalue weighted by atomic mass is 10.0. The SMILES string of the molecule is CC(C)(C)OC(=O)C1CN(C2C=CCCC2)C(=O)N1C(=O)OCc1ccccc1. The van der Waals surface area contributed by atoms with E-state index in [2.05, 4.69) is 0 Å². The highest BCUT2D eigenvalue weighted by atomic mass is 16.6. The fourth-order valence-corrected chi connectivity index (χ4v) is 3.49. The Hall–Kier alpha value is -2.83. The number of nitrogens with zero attached hydrogens (tertiary/aromatic N) is 2. The van der Waals surface area contributed by atoms with Crippen molar-refractivity contribution in [3.63, 3.8) is 0 Å². The molecule has 3 rings (SSSR count). The van der Waals surface area contributed by atoms with Crippen molar-refractivity contribution in [1.82, 2.24) is 9.80 Å². The highest BCUT2D eigenvalue weighted by molar-refractivity contribution is 5.99. The minimum atomic E-state index is -1.03. The Morgan fingerprint density at radius 3 is 2.52 bits per heavy atom. The van der Waals surface area contributed by atoms with Crippen LogP contribution in [0.25, 0.3) is 0 Å². The molecule has 1 fully saturated rings. The van der Waals surface area contributed by atoms with E-state index in [0.29, 0.717) is 0 Å². The number of urea groups is 1. The molecular weight excluding hydrogens is 372 g/mol. The molecule has 7 heteroatoms. The average Bonchev–Trinajstić information content (AvgIpc) is 3.04. The smallest absolute Gasteiger partial charge is 0.419 e. The number of allylic oxidation sites excluding steroid dienone is 1. The number of carbonyl (C=O) groups excluding carboxylic acids is 3. The van der Waals surface area contributed by atoms with Crippen LogP contribution in [0.15, 0.2) is 42.5 Å². The molecule has 1 heterocycles. The van der Waals surface area contributed by atoms with Crippen molar-refractivity contribution in [2.75, 3.05) is 6.54 Å². The number of hydrogen-bond donors (Lipinski definition) is 0. The van der Waals surface area contributed by atoms with Crippen LogP contribution in [-0.2, 0) is 20.9 Å². The minimum absolute atomic E-state index is 0.0216. The van der Waals surface area contributed by atoms with Crippen LogP contribution >= 0.6 is 0 Å². The highest BCUT2D eigenvalue weighted by Gasteiger charge is 2.49. The van der Waals surface area contributed by atoms with Gasteiger partial charge in [0.1, 0.15) is 12.2 Å². The first kappa shape index (κ1) is 20.9. The third-order valence-electron chi connectivity index (χ3n) is 4.84. The standard InChI is InChI=1S/C22H28N2O5/c1-22(2,3)29-19(25)18-14-23(17-12-8-5-9-13-17)20(26)24(18)21(27)28-15-16-10-6-4-7-11-16/h4,6-8,10-12,17-18H,5,9,13-15H2,1-3H3. The van der Waals surface area contributed by atoms with Crippen LogP contribution in [0.1, 0.15) is 45.6 Å². The molecule has 1 aromatic carbocycles. The van der Waals surface area contributed by atoms with Gasteiger partial charge in [-0.15, -0.1) is 0 Å². The van der Waals surface area contributed by atoms with Crippen LogP contribution in [0.2, 0.25) is 0 Å². The van der Waals surface area contributed by atoms with Crippen LogP contribution < -0.4 is 0 Å². The molecular formula is C22H28N2O5. The topological polar surface area (TPSA) is 76.2 Å². The van der Waals surface area contributed by atoms with Crippen LogP contribution in [0.5, 0.6) is 0 Å². The molecule has 0 N–H and O–H groups in total. The Bertz CT molecular complexity index is 784. The molecule has 7 nitrogen and oxygen atoms in total. The molecule has 2 atom stereocenters. The van der Waals surface area contributed by atoms with Crippen molar-refractivity contribution < 1.29 is 23.9 Å². The fourth-order valence-electron chi connectivity index (χ4n) is 3.49. The molecule has 29 heavy (non-hydrogen) atoms. The van der Waals surface area contributed by atoms with E-state index >= 15 is 0 Å². The lowest BCUT2D eigenvalue weighted by Crippen LogP contribution is -2.46. The predicted molar refractivity (Wildman–Crippen MR) is 107 cm³/mol. The zero-order valence-electron chi connectivity index (χ0n) is 17.2. The molecule has 156 valence electrons. The Labute approximate surface area is 171 Å². The van der Waals surface area contributed by atoms with Crippen molar-refractivity contribution in [1.29, 1.82) is 0 Å². The summed E-state index contributed by atoms with van der Waals surface area (Å²) in [6.07, 6.45) is 5.89. The van der Waals surface area contributed by atoms with Gasteiger partial charge in [0.15, 0.2) is 6.04 Å². The second-order valence-corrected chi connectivity index (χ2v) is 8.32. The maximum Gasteiger partial charge on any atom is 0.419 e. The van der Waals surface area contributed by atoms with Gasteiger partial charge in [-0.05, 0) is 45.6 Å². The van der Waals surface area contributed by atoms with Gasteiger partial charge in [-0.1, -0.05) is 42.5 Å². The lowest BCUT2D eigenvalue weighted by molar-refractivity contribution is -0.159. The second kappa shape index (κ2) is 8.68. The number of ether oxygens (including phenoxy) is 2. The number of carbonyl (C=O) groups is 3. The predicted octanol–water partition coefficient (Wildman–Crippen LogP) is 3.88. The van der Waals surface area contributed by atoms with Crippen molar-refractivity contribution >= 4 is 18.1 Å². The molecule has 0 bridgehead atoms. The zero-order valence-corrected chi connectivity index (χ0v) is 17.2. The number of benzene rings is 1. The van der Waals surface area contributed by atoms with E-state index in [1.807, 2.05) is 42.5 Å². The second-order valence-electron chi connectivity index (χ2n) is 8.32. The first-order valence-electron chi connectivity index (χ1n) is 9.96. The summed E-state index contributed by atoms with van der Waals surface area (Å²) in [5.74, 6) is -0.607. The first-order chi connectivity index (χ1) is 13.8. The van der Waals surface area contributed by atoms with Crippen LogP contribution in [-0.4, -0.2) is 52.1 Å². The first-order valence-corrected chi connectivity index (χ1v) is 9.96. The Kier molecular flexibility index (Phi) is 6.25. The average molecular weight is 400 g/mol. The van der Waals surface area contributed by atoms with Gasteiger partial charge in [-0.25, -0.2) is 19.3 Å². The summed E-state index contributed by atoms with van der Waals surface area (Å²) in [4.78, 5) is 41.0. The van der Waals surface area contributed by atoms with E-state index in [-0.39, 0.29) is 19.2 Å². The number of rotatable bonds is 4. The third-order valence-corrected chi connectivity index (χ3v) is 4.84. The highest BCUT2D eigenvalue weighted by Crippen LogP contribution is 2.27. The quantitative estimate of drug-likeness (QED) is 0.566. The maximum absolute atomic E-state index is 13.0. The molecule has 1 aliphatic heterocycles. The normalized spacial score (nSPS) is 22.0. The molecule has 2 unspecified atom stereocenters. The lowest BCUT2D eigenvalue weighted by Gasteiger charge is -2.26. The third kappa shape index (κ3) is 5.16. The molecule has 1 aromatic rings. The van der Waals surface area contributed by atoms with Gasteiger partial charge in [0.05, 0.1) is 12.6 Å². The summed E-state index contributed by atoms with van der Waals surface area (Å²) in [6.45, 7) is 5.38. The van der Waals surface area contributed by atoms with E-state index in [9.17, 15) is 14.4 Å². The van der Waals surface area contributed by atoms with Crippen molar-refractivity contribution in [2.24, 2.45) is 0 Å². The Balaban J connectivity index is 1.77. The molecule has 1 aliphatic carbocycles. The molecule has 0 saturated carbocycles. The van der Waals surface area contributed by atoms with Gasteiger partial charge in [-0.3, -0.25) is 0 Å². The summed E-state index contributed by atoms with van der Waals surface area (Å²) in [6, 6.07) is 7.51. The molecule has 1 saturated heterocycles. The van der Waals surface area contributed by atoms with Crippen molar-refractivity contribution in [2.45, 2.75) is 64.3 Å². The molecule has 3 amide bonds. The summed E-state index contributed by atoms with van der Waals surface area (Å²) in [5, 5.41) is 0. The molecule has 2 aliphatic rings. The summed E-state index contributed by atoms with van der Waals surface area (Å²) in [5.41, 5.74) is 0.0751. The summed E-state index contributed by atoms with van der Waals surface area (Å²) < 4.78 is 10.8. The molecule has 0 spiro atoms. The van der Waals surface area contributed by atoms with Crippen LogP contribution in [0.4, 0.5) is 9.59 Å². The van der Waals surface area contributed by atoms with E-state index in [4.69, 9.17) is 9.47 Å². The Morgan fingerprint density at radius 1 is 1.17 bits per heavy atom. The van der Waals surface area contributed by atoms with Gasteiger partial charge >= 0.3 is 18.1 Å². The van der Waals surface area contributed by atoms with Crippen LogP contribution in [0, 0.1) is 0 Å². The van der Waals surface area contributed by atoms with Gasteiger partial charge in [0, 0.05) is 0 Å². The molecule has 0 aromatic heterocycles. The van der Waals surface area contributed by atoms with Crippen molar-refractivity contribution in [3.05, 3.63) is 48.0 Å². The zero-order chi connectivity index (χ0) is 21.0. The van der Waals surface area contributed by atoms with E-state index in [0.717, 1.165) is 29.7 Å². The minimum Gasteiger partial charge on any atom is -0.458 e. The largest absolute Gasteiger partial charge is 0.458 e. The van der Waals surface area contributed by atoms with E-state index in [1.165, 1.54) is 0 Å². The summed E-state index contributed by atoms with van der Waals surface area (Å²) in [7, 11) is 0. The van der Waals surface area contributed by atoms with Gasteiger partial charge in [0.25, 0.3) is 0 Å². The Morgan fingerprint density at radius 2 is 1.90 bits per heavy atom.